The van der Waals surface area contributed by atoms with E-state index in [1.807, 2.05) is 12.1 Å². The van der Waals surface area contributed by atoms with Crippen molar-refractivity contribution in [2.45, 2.75) is 82.7 Å². The molecule has 1 aromatic rings. The van der Waals surface area contributed by atoms with Crippen LogP contribution in [0.4, 0.5) is 26.7 Å². The Morgan fingerprint density at radius 3 is 2.49 bits per heavy atom. The number of ketones is 1. The molecule has 1 amide bonds. The van der Waals surface area contributed by atoms with Gasteiger partial charge in [0, 0.05) is 49.9 Å². The molecular formula is C33H43F5N2O4S. The third-order valence-corrected chi connectivity index (χ3v) is 13.0. The van der Waals surface area contributed by atoms with E-state index in [0.717, 1.165) is 50.8 Å². The number of rotatable bonds is 9. The van der Waals surface area contributed by atoms with Gasteiger partial charge in [-0.15, -0.1) is 0 Å². The molecule has 45 heavy (non-hydrogen) atoms. The molecule has 2 heterocycles. The molecule has 0 N–H and O–H groups in total. The Kier molecular flexibility index (Phi) is 8.76. The molecule has 4 fully saturated rings. The lowest BCUT2D eigenvalue weighted by molar-refractivity contribution is -0.284. The Bertz CT molecular complexity index is 1300. The van der Waals surface area contributed by atoms with E-state index in [-0.39, 0.29) is 52.1 Å². The van der Waals surface area contributed by atoms with Crippen LogP contribution in [0.3, 0.4) is 0 Å². The van der Waals surface area contributed by atoms with Crippen LogP contribution in [0.15, 0.2) is 18.2 Å². The minimum Gasteiger partial charge on any atom is -0.616 e. The van der Waals surface area contributed by atoms with Crippen LogP contribution in [0.5, 0.6) is 5.75 Å². The van der Waals surface area contributed by atoms with Gasteiger partial charge in [-0.1, -0.05) is 24.2 Å². The molecule has 2 saturated heterocycles. The maximum Gasteiger partial charge on any atom is 0.453 e. The Morgan fingerprint density at radius 1 is 1.09 bits per heavy atom. The first-order valence-corrected chi connectivity index (χ1v) is 17.7. The topological polar surface area (TPSA) is 72.9 Å². The predicted octanol–water partition coefficient (Wildman–Crippen LogP) is 6.59. The second kappa shape index (κ2) is 12.0. The molecule has 0 bridgehead atoms. The van der Waals surface area contributed by atoms with Gasteiger partial charge in [-0.05, 0) is 98.9 Å². The summed E-state index contributed by atoms with van der Waals surface area (Å²) in [6, 6.07) is 5.92. The van der Waals surface area contributed by atoms with Gasteiger partial charge in [-0.3, -0.25) is 4.79 Å². The molecule has 6 nitrogen and oxygen atoms in total. The maximum absolute atomic E-state index is 13.3. The number of hydrogen-bond acceptors (Lipinski definition) is 5. The van der Waals surface area contributed by atoms with Crippen molar-refractivity contribution in [3.8, 4) is 5.75 Å². The van der Waals surface area contributed by atoms with E-state index in [1.165, 1.54) is 5.56 Å². The van der Waals surface area contributed by atoms with E-state index in [2.05, 4.69) is 24.9 Å². The SMILES string of the molecule is CN1CC2(C1)CN(C(=O)Oc1ccc3c(c1)C[C@@H](CCC[S+]([O-])CCCC(F)(F)C(F)(F)F)[C@@H]1[C@@H]3CC[C@]3(C)C(=O)CC[C@@H]13)C2. The minimum absolute atomic E-state index is 0.190. The number of fused-ring (bicyclic) bond motifs is 5. The molecule has 250 valence electrons. The summed E-state index contributed by atoms with van der Waals surface area (Å²) < 4.78 is 82.3. The number of likely N-dealkylation sites (tertiary alicyclic amines) is 2. The van der Waals surface area contributed by atoms with Crippen molar-refractivity contribution in [2.75, 3.05) is 44.7 Å². The Morgan fingerprint density at radius 2 is 1.80 bits per heavy atom. The van der Waals surface area contributed by atoms with Crippen LogP contribution in [0, 0.1) is 28.6 Å². The van der Waals surface area contributed by atoms with Gasteiger partial charge in [-0.25, -0.2) is 4.79 Å². The van der Waals surface area contributed by atoms with E-state index in [0.29, 0.717) is 37.5 Å². The molecular weight excluding hydrogens is 615 g/mol. The third-order valence-electron chi connectivity index (χ3n) is 11.5. The fourth-order valence-corrected chi connectivity index (χ4v) is 10.6. The van der Waals surface area contributed by atoms with E-state index >= 15 is 0 Å². The number of alkyl halides is 5. The van der Waals surface area contributed by atoms with Crippen molar-refractivity contribution in [2.24, 2.45) is 28.6 Å². The zero-order valence-electron chi connectivity index (χ0n) is 26.0. The summed E-state index contributed by atoms with van der Waals surface area (Å²) >= 11 is -1.49. The van der Waals surface area contributed by atoms with Gasteiger partial charge in [-0.2, -0.15) is 22.0 Å². The standard InChI is InChI=1S/C33H43F5N2O4S/c1-30-12-10-25-24-7-6-23(44-29(42)40-19-31(20-40)17-39(2)18-31)16-22(24)15-21(28(25)26(30)8-9-27(30)41)5-3-13-45(43)14-4-11-32(34,35)33(36,37)38/h6-7,16,21,25-26,28H,3-5,8-15,17-20H2,1-2H3/t21-,25-,26+,28-,30+,45?/m1/s1. The van der Waals surface area contributed by atoms with E-state index < -0.39 is 36.1 Å². The van der Waals surface area contributed by atoms with Gasteiger partial charge in [0.15, 0.2) is 0 Å². The molecule has 5 aliphatic rings. The second-order valence-electron chi connectivity index (χ2n) is 14.7. The van der Waals surface area contributed by atoms with Crippen LogP contribution in [-0.2, 0) is 22.4 Å². The summed E-state index contributed by atoms with van der Waals surface area (Å²) in [5.41, 5.74) is 2.23. The van der Waals surface area contributed by atoms with Crippen LogP contribution in [-0.4, -0.2) is 83.1 Å². The number of benzene rings is 1. The van der Waals surface area contributed by atoms with Gasteiger partial charge < -0.3 is 19.1 Å². The Balaban J connectivity index is 1.11. The Hall–Kier alpha value is -1.92. The molecule has 0 radical (unpaired) electrons. The van der Waals surface area contributed by atoms with E-state index in [9.17, 15) is 36.1 Å². The lowest BCUT2D eigenvalue weighted by Crippen LogP contribution is -2.72. The second-order valence-corrected chi connectivity index (χ2v) is 16.4. The largest absolute Gasteiger partial charge is 0.616 e. The number of carbonyl (C=O) groups excluding carboxylic acids is 2. The summed E-state index contributed by atoms with van der Waals surface area (Å²) in [5.74, 6) is -2.91. The molecule has 3 aliphatic carbocycles. The number of hydrogen-bond donors (Lipinski definition) is 0. The van der Waals surface area contributed by atoms with Gasteiger partial charge >= 0.3 is 18.2 Å². The number of Topliss-reactive ketones (excluding diaryl/α,β-unsaturated/α-hetero) is 1. The summed E-state index contributed by atoms with van der Waals surface area (Å²) in [5, 5.41) is 0. The zero-order chi connectivity index (χ0) is 32.4. The average Bonchev–Trinajstić information content (AvgIpc) is 3.22. The number of ether oxygens (including phenoxy) is 1. The quantitative estimate of drug-likeness (QED) is 0.221. The number of carbonyl (C=O) groups is 2. The molecule has 2 aliphatic heterocycles. The smallest absolute Gasteiger partial charge is 0.453 e. The van der Waals surface area contributed by atoms with Gasteiger partial charge in [0.05, 0.1) is 0 Å². The molecule has 1 aromatic carbocycles. The molecule has 12 heteroatoms. The normalized spacial score (nSPS) is 31.5. The first kappa shape index (κ1) is 33.0. The van der Waals surface area contributed by atoms with Crippen LogP contribution in [0.1, 0.15) is 75.3 Å². The van der Waals surface area contributed by atoms with E-state index in [4.69, 9.17) is 4.74 Å². The molecule has 2 saturated carbocycles. The molecule has 6 rings (SSSR count). The van der Waals surface area contributed by atoms with Crippen molar-refractivity contribution in [1.29, 1.82) is 0 Å². The lowest BCUT2D eigenvalue weighted by Gasteiger charge is -2.58. The number of halogens is 5. The average molecular weight is 659 g/mol. The zero-order valence-corrected chi connectivity index (χ0v) is 26.8. The van der Waals surface area contributed by atoms with E-state index in [1.54, 1.807) is 4.90 Å². The molecule has 6 atom stereocenters. The van der Waals surface area contributed by atoms with Crippen LogP contribution >= 0.6 is 0 Å². The predicted molar refractivity (Wildman–Crippen MR) is 160 cm³/mol. The molecule has 1 spiro atoms. The highest BCUT2D eigenvalue weighted by Gasteiger charge is 2.58. The van der Waals surface area contributed by atoms with Crippen molar-refractivity contribution < 1.29 is 40.8 Å². The summed E-state index contributed by atoms with van der Waals surface area (Å²) in [6.07, 6.45) is -2.59. The first-order chi connectivity index (χ1) is 21.1. The minimum atomic E-state index is -5.60. The van der Waals surface area contributed by atoms with Gasteiger partial charge in [0.2, 0.25) is 0 Å². The fourth-order valence-electron chi connectivity index (χ4n) is 9.45. The lowest BCUT2D eigenvalue weighted by atomic mass is 9.52. The number of amides is 1. The summed E-state index contributed by atoms with van der Waals surface area (Å²) in [6.45, 7) is 5.50. The van der Waals surface area contributed by atoms with Crippen molar-refractivity contribution in [3.05, 3.63) is 29.3 Å². The Labute approximate surface area is 264 Å². The van der Waals surface area contributed by atoms with Crippen molar-refractivity contribution in [1.82, 2.24) is 9.80 Å². The highest BCUT2D eigenvalue weighted by molar-refractivity contribution is 7.91. The third kappa shape index (κ3) is 6.24. The molecule has 0 aromatic heterocycles. The van der Waals surface area contributed by atoms with Crippen molar-refractivity contribution >= 4 is 23.1 Å². The van der Waals surface area contributed by atoms with Crippen LogP contribution < -0.4 is 4.74 Å². The maximum atomic E-state index is 13.3. The summed E-state index contributed by atoms with van der Waals surface area (Å²) in [4.78, 5) is 29.8. The van der Waals surface area contributed by atoms with Crippen LogP contribution in [0.2, 0.25) is 0 Å². The van der Waals surface area contributed by atoms with Gasteiger partial charge in [0.25, 0.3) is 0 Å². The number of nitrogens with zero attached hydrogens (tertiary/aromatic N) is 2. The highest BCUT2D eigenvalue weighted by atomic mass is 32.2. The first-order valence-electron chi connectivity index (χ1n) is 16.2. The molecule has 1 unspecified atom stereocenters. The van der Waals surface area contributed by atoms with Gasteiger partial charge in [0.1, 0.15) is 23.0 Å². The van der Waals surface area contributed by atoms with Crippen LogP contribution in [0.25, 0.3) is 0 Å². The monoisotopic (exact) mass is 658 g/mol. The summed E-state index contributed by atoms with van der Waals surface area (Å²) in [7, 11) is 2.07. The highest BCUT2D eigenvalue weighted by Crippen LogP contribution is 2.61. The fraction of sp³-hybridized carbons (Fsp3) is 0.758. The van der Waals surface area contributed by atoms with Crippen molar-refractivity contribution in [3.63, 3.8) is 0 Å².